The number of esters is 1. The van der Waals surface area contributed by atoms with Gasteiger partial charge in [-0.1, -0.05) is 48.5 Å². The molecule has 0 saturated heterocycles. The van der Waals surface area contributed by atoms with Crippen molar-refractivity contribution in [2.24, 2.45) is 0 Å². The maximum atomic E-state index is 12.6. The lowest BCUT2D eigenvalue weighted by Gasteiger charge is -2.11. The summed E-state index contributed by atoms with van der Waals surface area (Å²) in [7, 11) is 0. The zero-order valence-corrected chi connectivity index (χ0v) is 17.2. The summed E-state index contributed by atoms with van der Waals surface area (Å²) in [6.45, 7) is 2.52. The van der Waals surface area contributed by atoms with Crippen molar-refractivity contribution in [3.63, 3.8) is 0 Å². The highest BCUT2D eigenvalue weighted by Crippen LogP contribution is 2.30. The van der Waals surface area contributed by atoms with Crippen LogP contribution in [0, 0.1) is 0 Å². The molecule has 0 aliphatic carbocycles. The minimum atomic E-state index is -4.73. The fourth-order valence-corrected chi connectivity index (χ4v) is 3.61. The molecular weight excluding hydrogens is 419 g/mol. The molecule has 0 radical (unpaired) electrons. The van der Waals surface area contributed by atoms with Crippen LogP contribution in [0.15, 0.2) is 78.9 Å². The monoisotopic (exact) mass is 439 g/mol. The number of carbonyl (C=O) groups excluding carboxylic acids is 1. The summed E-state index contributed by atoms with van der Waals surface area (Å²) in [6, 6.07) is 22.9. The zero-order valence-electron chi connectivity index (χ0n) is 17.2. The first-order chi connectivity index (χ1) is 15.3. The fraction of sp³-hybridized carbons (Fsp3) is 0.160. The molecule has 4 nitrogen and oxygen atoms in total. The van der Waals surface area contributed by atoms with Crippen LogP contribution in [-0.2, 0) is 11.3 Å². The van der Waals surface area contributed by atoms with E-state index in [0.717, 1.165) is 27.6 Å². The molecule has 1 aromatic heterocycles. The summed E-state index contributed by atoms with van der Waals surface area (Å²) in [6.07, 6.45) is -4.73. The largest absolute Gasteiger partial charge is 0.573 e. The van der Waals surface area contributed by atoms with Crippen molar-refractivity contribution in [1.82, 2.24) is 4.57 Å². The van der Waals surface area contributed by atoms with E-state index in [-0.39, 0.29) is 12.4 Å². The Morgan fingerprint density at radius 2 is 1.59 bits per heavy atom. The Labute approximate surface area is 182 Å². The molecule has 0 bridgehead atoms. The molecule has 0 N–H and O–H groups in total. The second-order valence-electron chi connectivity index (χ2n) is 7.17. The average Bonchev–Trinajstić information content (AvgIpc) is 3.12. The van der Waals surface area contributed by atoms with Crippen molar-refractivity contribution in [1.29, 1.82) is 0 Å². The van der Waals surface area contributed by atoms with E-state index in [9.17, 15) is 18.0 Å². The number of aromatic nitrogens is 1. The molecule has 0 aliphatic heterocycles. The van der Waals surface area contributed by atoms with Gasteiger partial charge in [-0.25, -0.2) is 4.79 Å². The highest BCUT2D eigenvalue weighted by molar-refractivity contribution is 5.97. The summed E-state index contributed by atoms with van der Waals surface area (Å²) in [5, 5.41) is 0.831. The van der Waals surface area contributed by atoms with Crippen LogP contribution in [0.4, 0.5) is 13.2 Å². The first kappa shape index (κ1) is 21.5. The Morgan fingerprint density at radius 3 is 2.25 bits per heavy atom. The Bertz CT molecular complexity index is 1230. The molecule has 7 heteroatoms. The number of ether oxygens (including phenoxy) is 2. The van der Waals surface area contributed by atoms with Crippen molar-refractivity contribution in [2.75, 3.05) is 6.61 Å². The van der Waals surface area contributed by atoms with E-state index in [4.69, 9.17) is 4.74 Å². The molecule has 32 heavy (non-hydrogen) atoms. The van der Waals surface area contributed by atoms with Gasteiger partial charge in [0.15, 0.2) is 0 Å². The Hall–Kier alpha value is -3.74. The Kier molecular flexibility index (Phi) is 5.90. The molecule has 0 fully saturated rings. The number of hydrogen-bond donors (Lipinski definition) is 0. The molecule has 1 heterocycles. The van der Waals surface area contributed by atoms with Gasteiger partial charge >= 0.3 is 12.3 Å². The smallest absolute Gasteiger partial charge is 0.461 e. The Balaban J connectivity index is 1.71. The molecule has 0 spiro atoms. The lowest BCUT2D eigenvalue weighted by molar-refractivity contribution is -0.274. The van der Waals surface area contributed by atoms with E-state index in [0.29, 0.717) is 12.2 Å². The quantitative estimate of drug-likeness (QED) is 0.325. The molecule has 3 aromatic carbocycles. The van der Waals surface area contributed by atoms with Crippen LogP contribution >= 0.6 is 0 Å². The third-order valence-corrected chi connectivity index (χ3v) is 4.99. The minimum absolute atomic E-state index is 0.267. The van der Waals surface area contributed by atoms with Gasteiger partial charge < -0.3 is 14.0 Å². The van der Waals surface area contributed by atoms with Crippen LogP contribution in [0.25, 0.3) is 22.0 Å². The normalized spacial score (nSPS) is 11.5. The van der Waals surface area contributed by atoms with E-state index in [2.05, 4.69) is 4.74 Å². The van der Waals surface area contributed by atoms with Gasteiger partial charge in [0, 0.05) is 17.4 Å². The molecule has 4 aromatic rings. The Morgan fingerprint density at radius 1 is 0.906 bits per heavy atom. The maximum absolute atomic E-state index is 12.6. The molecule has 164 valence electrons. The third-order valence-electron chi connectivity index (χ3n) is 4.99. The van der Waals surface area contributed by atoms with E-state index < -0.39 is 12.3 Å². The van der Waals surface area contributed by atoms with Gasteiger partial charge in [-0.05, 0) is 53.9 Å². The van der Waals surface area contributed by atoms with Crippen LogP contribution in [0.3, 0.4) is 0 Å². The van der Waals surface area contributed by atoms with Gasteiger partial charge in [-0.2, -0.15) is 0 Å². The highest BCUT2D eigenvalue weighted by Gasteiger charge is 2.31. The molecule has 0 atom stereocenters. The number of halogens is 3. The van der Waals surface area contributed by atoms with Crippen LogP contribution in [0.5, 0.6) is 5.75 Å². The molecule has 0 aliphatic rings. The number of hydrogen-bond acceptors (Lipinski definition) is 3. The topological polar surface area (TPSA) is 40.5 Å². The van der Waals surface area contributed by atoms with E-state index in [1.807, 2.05) is 53.1 Å². The van der Waals surface area contributed by atoms with Gasteiger partial charge in [0.2, 0.25) is 0 Å². The van der Waals surface area contributed by atoms with Gasteiger partial charge in [0.1, 0.15) is 11.4 Å². The minimum Gasteiger partial charge on any atom is -0.461 e. The van der Waals surface area contributed by atoms with E-state index in [1.165, 1.54) is 12.1 Å². The average molecular weight is 439 g/mol. The molecule has 0 amide bonds. The lowest BCUT2D eigenvalue weighted by Crippen LogP contribution is -2.16. The predicted octanol–water partition coefficient (Wildman–Crippen LogP) is 6.43. The summed E-state index contributed by atoms with van der Waals surface area (Å²) in [5.41, 5.74) is 3.88. The van der Waals surface area contributed by atoms with Crippen LogP contribution < -0.4 is 4.74 Å². The van der Waals surface area contributed by atoms with Gasteiger partial charge in [0.25, 0.3) is 0 Å². The SMILES string of the molecule is CCOC(=O)c1cc2cc(-c3ccc(OC(F)(F)F)cc3)ccc2n1Cc1ccccc1. The standard InChI is InChI=1S/C25H20F3NO3/c1-2-31-24(30)23-15-20-14-19(18-8-11-21(12-9-18)32-25(26,27)28)10-13-22(20)29(23)16-17-6-4-3-5-7-17/h3-15H,2,16H2,1H3. The predicted molar refractivity (Wildman–Crippen MR) is 116 cm³/mol. The van der Waals surface area contributed by atoms with E-state index in [1.54, 1.807) is 25.1 Å². The summed E-state index contributed by atoms with van der Waals surface area (Å²) >= 11 is 0. The van der Waals surface area contributed by atoms with Crippen molar-refractivity contribution in [3.8, 4) is 16.9 Å². The van der Waals surface area contributed by atoms with E-state index >= 15 is 0 Å². The number of fused-ring (bicyclic) bond motifs is 1. The zero-order chi connectivity index (χ0) is 22.7. The maximum Gasteiger partial charge on any atom is 0.573 e. The lowest BCUT2D eigenvalue weighted by atomic mass is 10.0. The van der Waals surface area contributed by atoms with Crippen LogP contribution in [-0.4, -0.2) is 23.5 Å². The summed E-state index contributed by atoms with van der Waals surface area (Å²) < 4.78 is 48.3. The highest BCUT2D eigenvalue weighted by atomic mass is 19.4. The first-order valence-corrected chi connectivity index (χ1v) is 10.0. The number of carbonyl (C=O) groups is 1. The molecule has 0 unspecified atom stereocenters. The number of nitrogens with zero attached hydrogens (tertiary/aromatic N) is 1. The van der Waals surface area contributed by atoms with Gasteiger partial charge in [-0.15, -0.1) is 13.2 Å². The fourth-order valence-electron chi connectivity index (χ4n) is 3.61. The first-order valence-electron chi connectivity index (χ1n) is 10.0. The van der Waals surface area contributed by atoms with Gasteiger partial charge in [-0.3, -0.25) is 0 Å². The molecular formula is C25H20F3NO3. The molecule has 4 rings (SSSR count). The van der Waals surface area contributed by atoms with Crippen molar-refractivity contribution < 1.29 is 27.4 Å². The third kappa shape index (κ3) is 4.77. The van der Waals surface area contributed by atoms with Crippen molar-refractivity contribution >= 4 is 16.9 Å². The number of alkyl halides is 3. The second kappa shape index (κ2) is 8.78. The van der Waals surface area contributed by atoms with Gasteiger partial charge in [0.05, 0.1) is 6.61 Å². The summed E-state index contributed by atoms with van der Waals surface area (Å²) in [4.78, 5) is 12.6. The van der Waals surface area contributed by atoms with Crippen LogP contribution in [0.1, 0.15) is 23.0 Å². The summed E-state index contributed by atoms with van der Waals surface area (Å²) in [5.74, 6) is -0.684. The second-order valence-corrected chi connectivity index (χ2v) is 7.17. The van der Waals surface area contributed by atoms with Crippen LogP contribution in [0.2, 0.25) is 0 Å². The van der Waals surface area contributed by atoms with Crippen molar-refractivity contribution in [2.45, 2.75) is 19.8 Å². The number of benzene rings is 3. The molecule has 0 saturated carbocycles. The van der Waals surface area contributed by atoms with Crippen molar-refractivity contribution in [3.05, 3.63) is 90.1 Å². The number of rotatable bonds is 6.